The molecule has 2 rings (SSSR count). The highest BCUT2D eigenvalue weighted by Gasteiger charge is 2.13. The van der Waals surface area contributed by atoms with Crippen LogP contribution in [0, 0.1) is 0 Å². The monoisotopic (exact) mass is 205 g/mol. The summed E-state index contributed by atoms with van der Waals surface area (Å²) in [5, 5.41) is 11.9. The van der Waals surface area contributed by atoms with E-state index in [2.05, 4.69) is 23.5 Å². The van der Waals surface area contributed by atoms with Gasteiger partial charge in [-0.15, -0.1) is 0 Å². The van der Waals surface area contributed by atoms with Crippen molar-refractivity contribution in [2.45, 2.75) is 32.4 Å². The largest absolute Gasteiger partial charge is 0.481 e. The van der Waals surface area contributed by atoms with Gasteiger partial charge < -0.3 is 10.4 Å². The Balaban J connectivity index is 2.02. The molecular formula is C12H15NO2. The fourth-order valence-electron chi connectivity index (χ4n) is 2.07. The summed E-state index contributed by atoms with van der Waals surface area (Å²) in [6.07, 6.45) is 1.86. The summed E-state index contributed by atoms with van der Waals surface area (Å²) in [5.74, 6) is -0.708. The summed E-state index contributed by atoms with van der Waals surface area (Å²) in [7, 11) is 0. The van der Waals surface area contributed by atoms with Crippen molar-refractivity contribution in [1.29, 1.82) is 0 Å². The predicted octanol–water partition coefficient (Wildman–Crippen LogP) is 1.70. The van der Waals surface area contributed by atoms with Crippen LogP contribution >= 0.6 is 0 Å². The molecule has 15 heavy (non-hydrogen) atoms. The zero-order chi connectivity index (χ0) is 10.7. The van der Waals surface area contributed by atoms with E-state index in [9.17, 15) is 4.79 Å². The molecular weight excluding hydrogens is 190 g/mol. The van der Waals surface area contributed by atoms with Crippen molar-refractivity contribution in [2.24, 2.45) is 0 Å². The van der Waals surface area contributed by atoms with Crippen molar-refractivity contribution < 1.29 is 9.90 Å². The molecule has 3 heteroatoms. The first-order valence-corrected chi connectivity index (χ1v) is 5.29. The topological polar surface area (TPSA) is 49.3 Å². The standard InChI is InChI=1S/C12H15NO2/c14-12(15)6-2-4-9-3-1-5-10-7-13-8-11(9)10/h1,3,5,13H,2,4,6-8H2,(H,14,15). The molecule has 1 aliphatic rings. The van der Waals surface area contributed by atoms with Crippen LogP contribution in [0.3, 0.4) is 0 Å². The number of hydrogen-bond donors (Lipinski definition) is 2. The Morgan fingerprint density at radius 1 is 1.40 bits per heavy atom. The van der Waals surface area contributed by atoms with E-state index < -0.39 is 5.97 Å². The molecule has 0 saturated heterocycles. The zero-order valence-electron chi connectivity index (χ0n) is 8.62. The molecule has 0 radical (unpaired) electrons. The highest BCUT2D eigenvalue weighted by atomic mass is 16.4. The van der Waals surface area contributed by atoms with Crippen molar-refractivity contribution in [3.8, 4) is 0 Å². The maximum atomic E-state index is 10.4. The Hall–Kier alpha value is -1.35. The minimum absolute atomic E-state index is 0.261. The molecule has 0 amide bonds. The van der Waals surface area contributed by atoms with Gasteiger partial charge >= 0.3 is 5.97 Å². The van der Waals surface area contributed by atoms with Crippen molar-refractivity contribution in [3.05, 3.63) is 34.9 Å². The van der Waals surface area contributed by atoms with Gasteiger partial charge in [0.05, 0.1) is 0 Å². The number of aryl methyl sites for hydroxylation is 1. The first kappa shape index (κ1) is 10.2. The average molecular weight is 205 g/mol. The van der Waals surface area contributed by atoms with Crippen molar-refractivity contribution >= 4 is 5.97 Å². The molecule has 0 spiro atoms. The summed E-state index contributed by atoms with van der Waals surface area (Å²) in [5.41, 5.74) is 4.05. The summed E-state index contributed by atoms with van der Waals surface area (Å²) in [4.78, 5) is 10.4. The number of aliphatic carboxylic acids is 1. The highest BCUT2D eigenvalue weighted by molar-refractivity contribution is 5.66. The Kier molecular flexibility index (Phi) is 3.02. The van der Waals surface area contributed by atoms with E-state index in [0.717, 1.165) is 25.9 Å². The van der Waals surface area contributed by atoms with Gasteiger partial charge in [-0.05, 0) is 29.5 Å². The van der Waals surface area contributed by atoms with E-state index in [4.69, 9.17) is 5.11 Å². The van der Waals surface area contributed by atoms with E-state index in [1.165, 1.54) is 16.7 Å². The maximum absolute atomic E-state index is 10.4. The number of carboxylic acid groups (broad SMARTS) is 1. The molecule has 1 aromatic carbocycles. The second-order valence-corrected chi connectivity index (χ2v) is 3.91. The van der Waals surface area contributed by atoms with Crippen LogP contribution in [-0.4, -0.2) is 11.1 Å². The minimum atomic E-state index is -0.708. The Morgan fingerprint density at radius 3 is 3.07 bits per heavy atom. The maximum Gasteiger partial charge on any atom is 0.303 e. The fraction of sp³-hybridized carbons (Fsp3) is 0.417. The van der Waals surface area contributed by atoms with Crippen LogP contribution in [0.1, 0.15) is 29.5 Å². The molecule has 1 aliphatic heterocycles. The molecule has 0 unspecified atom stereocenters. The lowest BCUT2D eigenvalue weighted by Crippen LogP contribution is -2.02. The van der Waals surface area contributed by atoms with E-state index in [1.54, 1.807) is 0 Å². The zero-order valence-corrected chi connectivity index (χ0v) is 8.62. The van der Waals surface area contributed by atoms with Crippen LogP contribution in [0.2, 0.25) is 0 Å². The van der Waals surface area contributed by atoms with Crippen LogP contribution in [0.15, 0.2) is 18.2 Å². The first-order valence-electron chi connectivity index (χ1n) is 5.29. The minimum Gasteiger partial charge on any atom is -0.481 e. The van der Waals surface area contributed by atoms with Crippen LogP contribution in [0.5, 0.6) is 0 Å². The molecule has 1 aromatic rings. The number of benzene rings is 1. The molecule has 1 heterocycles. The first-order chi connectivity index (χ1) is 7.27. The SMILES string of the molecule is O=C(O)CCCc1cccc2c1CNC2. The highest BCUT2D eigenvalue weighted by Crippen LogP contribution is 2.21. The summed E-state index contributed by atoms with van der Waals surface area (Å²) in [6.45, 7) is 1.88. The summed E-state index contributed by atoms with van der Waals surface area (Å²) < 4.78 is 0. The Morgan fingerprint density at radius 2 is 2.27 bits per heavy atom. The van der Waals surface area contributed by atoms with Crippen LogP contribution in [0.25, 0.3) is 0 Å². The van der Waals surface area contributed by atoms with Crippen molar-refractivity contribution in [2.75, 3.05) is 0 Å². The molecule has 80 valence electrons. The number of carbonyl (C=O) groups is 1. The summed E-state index contributed by atoms with van der Waals surface area (Å²) >= 11 is 0. The number of hydrogen-bond acceptors (Lipinski definition) is 2. The van der Waals surface area contributed by atoms with E-state index in [-0.39, 0.29) is 6.42 Å². The molecule has 0 aliphatic carbocycles. The Labute approximate surface area is 89.1 Å². The molecule has 0 aromatic heterocycles. The van der Waals surface area contributed by atoms with E-state index in [0.29, 0.717) is 0 Å². The average Bonchev–Trinajstić information content (AvgIpc) is 2.65. The second-order valence-electron chi connectivity index (χ2n) is 3.91. The van der Waals surface area contributed by atoms with Gasteiger partial charge in [0.15, 0.2) is 0 Å². The van der Waals surface area contributed by atoms with E-state index >= 15 is 0 Å². The smallest absolute Gasteiger partial charge is 0.303 e. The quantitative estimate of drug-likeness (QED) is 0.786. The van der Waals surface area contributed by atoms with Gasteiger partial charge in [0.1, 0.15) is 0 Å². The molecule has 0 atom stereocenters. The molecule has 0 saturated carbocycles. The van der Waals surface area contributed by atoms with Gasteiger partial charge in [-0.25, -0.2) is 0 Å². The predicted molar refractivity (Wildman–Crippen MR) is 57.6 cm³/mol. The lowest BCUT2D eigenvalue weighted by atomic mass is 9.99. The molecule has 2 N–H and O–H groups in total. The third kappa shape index (κ3) is 2.36. The molecule has 0 fully saturated rings. The Bertz CT molecular complexity index is 374. The fourth-order valence-corrected chi connectivity index (χ4v) is 2.07. The third-order valence-electron chi connectivity index (χ3n) is 2.82. The number of rotatable bonds is 4. The summed E-state index contributed by atoms with van der Waals surface area (Å²) in [6, 6.07) is 6.30. The van der Waals surface area contributed by atoms with Gasteiger partial charge in [-0.1, -0.05) is 18.2 Å². The van der Waals surface area contributed by atoms with E-state index in [1.807, 2.05) is 0 Å². The van der Waals surface area contributed by atoms with Crippen LogP contribution in [-0.2, 0) is 24.3 Å². The molecule has 3 nitrogen and oxygen atoms in total. The lowest BCUT2D eigenvalue weighted by molar-refractivity contribution is -0.137. The van der Waals surface area contributed by atoms with Crippen molar-refractivity contribution in [3.63, 3.8) is 0 Å². The number of carboxylic acids is 1. The van der Waals surface area contributed by atoms with Gasteiger partial charge in [-0.2, -0.15) is 0 Å². The molecule has 0 bridgehead atoms. The van der Waals surface area contributed by atoms with Gasteiger partial charge in [0, 0.05) is 19.5 Å². The van der Waals surface area contributed by atoms with Crippen LogP contribution in [0.4, 0.5) is 0 Å². The number of nitrogens with one attached hydrogen (secondary N) is 1. The van der Waals surface area contributed by atoms with Crippen LogP contribution < -0.4 is 5.32 Å². The number of fused-ring (bicyclic) bond motifs is 1. The van der Waals surface area contributed by atoms with Gasteiger partial charge in [0.25, 0.3) is 0 Å². The lowest BCUT2D eigenvalue weighted by Gasteiger charge is -2.06. The normalized spacial score (nSPS) is 13.9. The van der Waals surface area contributed by atoms with Gasteiger partial charge in [-0.3, -0.25) is 4.79 Å². The second kappa shape index (κ2) is 4.45. The van der Waals surface area contributed by atoms with Crippen molar-refractivity contribution in [1.82, 2.24) is 5.32 Å². The van der Waals surface area contributed by atoms with Gasteiger partial charge in [0.2, 0.25) is 0 Å². The third-order valence-corrected chi connectivity index (χ3v) is 2.82.